The molecule has 0 bridgehead atoms. The molecule has 1 atom stereocenters. The number of sulfone groups is 1. The van der Waals surface area contributed by atoms with E-state index in [0.29, 0.717) is 12.8 Å². The Hall–Kier alpha value is -0.940. The molecule has 0 saturated heterocycles. The zero-order valence-electron chi connectivity index (χ0n) is 10.5. The summed E-state index contributed by atoms with van der Waals surface area (Å²) in [6.45, 7) is 1.56. The third-order valence-corrected chi connectivity index (χ3v) is 4.71. The zero-order chi connectivity index (χ0) is 13.6. The average molecular weight is 274 g/mol. The predicted octanol–water partition coefficient (Wildman–Crippen LogP) is 1.80. The average Bonchev–Trinajstić information content (AvgIpc) is 2.37. The summed E-state index contributed by atoms with van der Waals surface area (Å²) in [7, 11) is -2.99. The van der Waals surface area contributed by atoms with Gasteiger partial charge < -0.3 is 5.11 Å². The standard InChI is InChI=1S/C13H19FO3S/c1-2-18(16,17)8-7-12(10-15)9-11-3-5-13(14)6-4-11/h3-6,12,15H,2,7-10H2,1H3. The molecule has 102 valence electrons. The van der Waals surface area contributed by atoms with Crippen LogP contribution in [0.1, 0.15) is 18.9 Å². The van der Waals surface area contributed by atoms with Gasteiger partial charge in [-0.1, -0.05) is 19.1 Å². The van der Waals surface area contributed by atoms with E-state index in [9.17, 15) is 17.9 Å². The van der Waals surface area contributed by atoms with Gasteiger partial charge >= 0.3 is 0 Å². The van der Waals surface area contributed by atoms with Gasteiger partial charge in [0, 0.05) is 12.4 Å². The fraction of sp³-hybridized carbons (Fsp3) is 0.538. The summed E-state index contributed by atoms with van der Waals surface area (Å²) >= 11 is 0. The molecule has 1 aromatic rings. The monoisotopic (exact) mass is 274 g/mol. The van der Waals surface area contributed by atoms with E-state index in [-0.39, 0.29) is 29.8 Å². The van der Waals surface area contributed by atoms with Crippen LogP contribution in [0.2, 0.25) is 0 Å². The Balaban J connectivity index is 2.54. The van der Waals surface area contributed by atoms with Gasteiger partial charge in [0.05, 0.1) is 5.75 Å². The number of hydrogen-bond acceptors (Lipinski definition) is 3. The molecular formula is C13H19FO3S. The molecule has 3 nitrogen and oxygen atoms in total. The van der Waals surface area contributed by atoms with E-state index in [1.807, 2.05) is 0 Å². The molecule has 0 spiro atoms. The van der Waals surface area contributed by atoms with Gasteiger partial charge in [-0.05, 0) is 36.5 Å². The molecule has 0 fully saturated rings. The van der Waals surface area contributed by atoms with E-state index in [1.54, 1.807) is 19.1 Å². The predicted molar refractivity (Wildman–Crippen MR) is 69.6 cm³/mol. The van der Waals surface area contributed by atoms with Crippen LogP contribution >= 0.6 is 0 Å². The minimum Gasteiger partial charge on any atom is -0.396 e. The van der Waals surface area contributed by atoms with E-state index in [0.717, 1.165) is 5.56 Å². The van der Waals surface area contributed by atoms with E-state index in [2.05, 4.69) is 0 Å². The lowest BCUT2D eigenvalue weighted by Crippen LogP contribution is -2.17. The summed E-state index contributed by atoms with van der Waals surface area (Å²) in [6.07, 6.45) is 1.00. The van der Waals surface area contributed by atoms with Crippen LogP contribution in [0, 0.1) is 11.7 Å². The first kappa shape index (κ1) is 15.1. The largest absolute Gasteiger partial charge is 0.396 e. The second-order valence-corrected chi connectivity index (χ2v) is 6.88. The van der Waals surface area contributed by atoms with Crippen molar-refractivity contribution in [1.82, 2.24) is 0 Å². The molecule has 0 aliphatic rings. The SMILES string of the molecule is CCS(=O)(=O)CCC(CO)Cc1ccc(F)cc1. The lowest BCUT2D eigenvalue weighted by atomic mass is 9.98. The quantitative estimate of drug-likeness (QED) is 0.825. The van der Waals surface area contributed by atoms with Crippen molar-refractivity contribution >= 4 is 9.84 Å². The van der Waals surface area contributed by atoms with Crippen LogP contribution in [0.3, 0.4) is 0 Å². The van der Waals surface area contributed by atoms with Crippen molar-refractivity contribution in [3.05, 3.63) is 35.6 Å². The Morgan fingerprint density at radius 1 is 1.28 bits per heavy atom. The van der Waals surface area contributed by atoms with Crippen molar-refractivity contribution in [3.63, 3.8) is 0 Å². The van der Waals surface area contributed by atoms with Gasteiger partial charge in [-0.25, -0.2) is 12.8 Å². The molecule has 18 heavy (non-hydrogen) atoms. The van der Waals surface area contributed by atoms with E-state index in [4.69, 9.17) is 0 Å². The van der Waals surface area contributed by atoms with Crippen LogP contribution in [-0.2, 0) is 16.3 Å². The van der Waals surface area contributed by atoms with E-state index in [1.165, 1.54) is 12.1 Å². The second kappa shape index (κ2) is 6.85. The molecule has 0 aliphatic carbocycles. The molecule has 1 aromatic carbocycles. The summed E-state index contributed by atoms with van der Waals surface area (Å²) in [5, 5.41) is 9.24. The summed E-state index contributed by atoms with van der Waals surface area (Å²) in [5.74, 6) is -0.179. The van der Waals surface area contributed by atoms with Crippen molar-refractivity contribution in [2.45, 2.75) is 19.8 Å². The minimum atomic E-state index is -2.99. The van der Waals surface area contributed by atoms with Gasteiger partial charge in [-0.2, -0.15) is 0 Å². The lowest BCUT2D eigenvalue weighted by molar-refractivity contribution is 0.222. The Morgan fingerprint density at radius 3 is 2.39 bits per heavy atom. The van der Waals surface area contributed by atoms with Gasteiger partial charge in [0.2, 0.25) is 0 Å². The number of aliphatic hydroxyl groups excluding tert-OH is 1. The Kier molecular flexibility index (Phi) is 5.75. The van der Waals surface area contributed by atoms with Crippen molar-refractivity contribution in [2.75, 3.05) is 18.1 Å². The molecule has 0 aromatic heterocycles. The molecule has 0 heterocycles. The van der Waals surface area contributed by atoms with Crippen molar-refractivity contribution in [3.8, 4) is 0 Å². The molecule has 1 unspecified atom stereocenters. The van der Waals surface area contributed by atoms with Crippen LogP contribution in [0.5, 0.6) is 0 Å². The normalized spacial score (nSPS) is 13.5. The number of rotatable bonds is 7. The highest BCUT2D eigenvalue weighted by Crippen LogP contribution is 2.14. The molecule has 0 aliphatic heterocycles. The lowest BCUT2D eigenvalue weighted by Gasteiger charge is -2.14. The van der Waals surface area contributed by atoms with Gasteiger partial charge in [0.15, 0.2) is 0 Å². The maximum absolute atomic E-state index is 12.7. The summed E-state index contributed by atoms with van der Waals surface area (Å²) in [6, 6.07) is 6.05. The Bertz CT molecular complexity index is 454. The second-order valence-electron chi connectivity index (χ2n) is 4.40. The smallest absolute Gasteiger partial charge is 0.150 e. The Labute approximate surface area is 108 Å². The van der Waals surface area contributed by atoms with Crippen molar-refractivity contribution in [2.24, 2.45) is 5.92 Å². The van der Waals surface area contributed by atoms with Crippen LogP contribution in [-0.4, -0.2) is 31.6 Å². The van der Waals surface area contributed by atoms with Gasteiger partial charge in [-0.15, -0.1) is 0 Å². The highest BCUT2D eigenvalue weighted by Gasteiger charge is 2.14. The van der Waals surface area contributed by atoms with Gasteiger partial charge in [0.1, 0.15) is 15.7 Å². The molecule has 0 radical (unpaired) electrons. The van der Waals surface area contributed by atoms with Crippen molar-refractivity contribution < 1.29 is 17.9 Å². The van der Waals surface area contributed by atoms with Crippen LogP contribution in [0.4, 0.5) is 4.39 Å². The fourth-order valence-electron chi connectivity index (χ4n) is 1.70. The summed E-state index contributed by atoms with van der Waals surface area (Å²) in [4.78, 5) is 0. The molecule has 1 N–H and O–H groups in total. The zero-order valence-corrected chi connectivity index (χ0v) is 11.3. The topological polar surface area (TPSA) is 54.4 Å². The van der Waals surface area contributed by atoms with Gasteiger partial charge in [-0.3, -0.25) is 0 Å². The fourth-order valence-corrected chi connectivity index (χ4v) is 2.68. The highest BCUT2D eigenvalue weighted by molar-refractivity contribution is 7.91. The first-order valence-electron chi connectivity index (χ1n) is 6.02. The minimum absolute atomic E-state index is 0.0589. The van der Waals surface area contributed by atoms with Crippen LogP contribution in [0.25, 0.3) is 0 Å². The van der Waals surface area contributed by atoms with Gasteiger partial charge in [0.25, 0.3) is 0 Å². The molecular weight excluding hydrogens is 255 g/mol. The van der Waals surface area contributed by atoms with Crippen molar-refractivity contribution in [1.29, 1.82) is 0 Å². The molecule has 5 heteroatoms. The number of aliphatic hydroxyl groups is 1. The maximum atomic E-state index is 12.7. The number of hydrogen-bond donors (Lipinski definition) is 1. The third-order valence-electron chi connectivity index (χ3n) is 2.97. The number of benzene rings is 1. The maximum Gasteiger partial charge on any atom is 0.150 e. The first-order valence-corrected chi connectivity index (χ1v) is 7.84. The first-order chi connectivity index (χ1) is 8.46. The van der Waals surface area contributed by atoms with Crippen LogP contribution < -0.4 is 0 Å². The summed E-state index contributed by atoms with van der Waals surface area (Å²) < 4.78 is 35.5. The van der Waals surface area contributed by atoms with E-state index < -0.39 is 9.84 Å². The summed E-state index contributed by atoms with van der Waals surface area (Å²) in [5.41, 5.74) is 0.907. The number of halogens is 1. The van der Waals surface area contributed by atoms with Crippen LogP contribution in [0.15, 0.2) is 24.3 Å². The molecule has 0 saturated carbocycles. The highest BCUT2D eigenvalue weighted by atomic mass is 32.2. The Morgan fingerprint density at radius 2 is 1.89 bits per heavy atom. The molecule has 1 rings (SSSR count). The van der Waals surface area contributed by atoms with E-state index >= 15 is 0 Å². The third kappa shape index (κ3) is 5.14. The molecule has 0 amide bonds.